The Labute approximate surface area is 116 Å². The van der Waals surface area contributed by atoms with Crippen LogP contribution < -0.4 is 4.90 Å². The average Bonchev–Trinajstić information content (AvgIpc) is 3.02. The summed E-state index contributed by atoms with van der Waals surface area (Å²) in [4.78, 5) is 23.9. The summed E-state index contributed by atoms with van der Waals surface area (Å²) >= 11 is 0. The number of rotatable bonds is 2. The average molecular weight is 273 g/mol. The SMILES string of the molecule is CC(=O)N1CCN(c2ncc(-n3ccnn3)cn2)CC1. The molecule has 0 aliphatic carbocycles. The zero-order chi connectivity index (χ0) is 13.9. The highest BCUT2D eigenvalue weighted by molar-refractivity contribution is 5.73. The molecular weight excluding hydrogens is 258 g/mol. The lowest BCUT2D eigenvalue weighted by Gasteiger charge is -2.34. The topological polar surface area (TPSA) is 80.0 Å². The molecule has 0 N–H and O–H groups in total. The number of anilines is 1. The van der Waals surface area contributed by atoms with Crippen LogP contribution in [0, 0.1) is 0 Å². The Morgan fingerprint density at radius 3 is 2.40 bits per heavy atom. The Morgan fingerprint density at radius 2 is 1.85 bits per heavy atom. The predicted octanol–water partition coefficient (Wildman–Crippen LogP) is -0.274. The molecular formula is C12H15N7O. The van der Waals surface area contributed by atoms with E-state index in [0.29, 0.717) is 19.0 Å². The standard InChI is InChI=1S/C12H15N7O/c1-10(20)17-4-6-18(7-5-17)12-13-8-11(9-14-12)19-3-2-15-16-19/h2-3,8-9H,4-7H2,1H3. The van der Waals surface area contributed by atoms with E-state index in [1.54, 1.807) is 36.4 Å². The van der Waals surface area contributed by atoms with E-state index in [2.05, 4.69) is 25.2 Å². The zero-order valence-corrected chi connectivity index (χ0v) is 11.2. The van der Waals surface area contributed by atoms with Crippen molar-refractivity contribution in [3.63, 3.8) is 0 Å². The lowest BCUT2D eigenvalue weighted by molar-refractivity contribution is -0.129. The van der Waals surface area contributed by atoms with Crippen LogP contribution in [0.1, 0.15) is 6.92 Å². The molecule has 8 nitrogen and oxygen atoms in total. The van der Waals surface area contributed by atoms with Gasteiger partial charge < -0.3 is 9.80 Å². The number of nitrogens with zero attached hydrogens (tertiary/aromatic N) is 7. The smallest absolute Gasteiger partial charge is 0.225 e. The minimum atomic E-state index is 0.118. The quantitative estimate of drug-likeness (QED) is 0.749. The van der Waals surface area contributed by atoms with Crippen molar-refractivity contribution in [3.05, 3.63) is 24.8 Å². The van der Waals surface area contributed by atoms with E-state index in [1.807, 2.05) is 4.90 Å². The van der Waals surface area contributed by atoms with E-state index >= 15 is 0 Å². The predicted molar refractivity (Wildman–Crippen MR) is 71.4 cm³/mol. The molecule has 104 valence electrons. The molecule has 0 radical (unpaired) electrons. The highest BCUT2D eigenvalue weighted by atomic mass is 16.2. The molecule has 1 saturated heterocycles. The van der Waals surface area contributed by atoms with Gasteiger partial charge in [-0.15, -0.1) is 5.10 Å². The van der Waals surface area contributed by atoms with Gasteiger partial charge in [-0.1, -0.05) is 5.21 Å². The maximum absolute atomic E-state index is 11.3. The fraction of sp³-hybridized carbons (Fsp3) is 0.417. The monoisotopic (exact) mass is 273 g/mol. The molecule has 1 amide bonds. The number of carbonyl (C=O) groups is 1. The van der Waals surface area contributed by atoms with Crippen LogP contribution in [0.15, 0.2) is 24.8 Å². The molecule has 8 heteroatoms. The van der Waals surface area contributed by atoms with Gasteiger partial charge in [-0.05, 0) is 0 Å². The Balaban J connectivity index is 1.68. The number of aromatic nitrogens is 5. The van der Waals surface area contributed by atoms with E-state index in [0.717, 1.165) is 18.8 Å². The first-order chi connectivity index (χ1) is 9.74. The van der Waals surface area contributed by atoms with Crippen LogP contribution in [0.2, 0.25) is 0 Å². The van der Waals surface area contributed by atoms with Crippen LogP contribution >= 0.6 is 0 Å². The van der Waals surface area contributed by atoms with Gasteiger partial charge in [0.2, 0.25) is 11.9 Å². The van der Waals surface area contributed by atoms with Crippen LogP contribution in [0.3, 0.4) is 0 Å². The van der Waals surface area contributed by atoms with Crippen molar-refractivity contribution in [2.75, 3.05) is 31.1 Å². The van der Waals surface area contributed by atoms with Gasteiger partial charge >= 0.3 is 0 Å². The maximum Gasteiger partial charge on any atom is 0.225 e. The summed E-state index contributed by atoms with van der Waals surface area (Å²) in [5, 5.41) is 7.63. The summed E-state index contributed by atoms with van der Waals surface area (Å²) in [6, 6.07) is 0. The van der Waals surface area contributed by atoms with Crippen molar-refractivity contribution in [3.8, 4) is 5.69 Å². The molecule has 0 aromatic carbocycles. The Bertz CT molecular complexity index is 572. The van der Waals surface area contributed by atoms with E-state index in [1.165, 1.54) is 0 Å². The maximum atomic E-state index is 11.3. The molecule has 1 aliphatic rings. The molecule has 0 atom stereocenters. The summed E-state index contributed by atoms with van der Waals surface area (Å²) in [7, 11) is 0. The van der Waals surface area contributed by atoms with E-state index in [4.69, 9.17) is 0 Å². The highest BCUT2D eigenvalue weighted by Gasteiger charge is 2.20. The molecule has 3 heterocycles. The van der Waals surface area contributed by atoms with Gasteiger partial charge in [0.25, 0.3) is 0 Å². The molecule has 0 spiro atoms. The summed E-state index contributed by atoms with van der Waals surface area (Å²) in [6.45, 7) is 4.52. The second-order valence-electron chi connectivity index (χ2n) is 4.58. The molecule has 1 fully saturated rings. The highest BCUT2D eigenvalue weighted by Crippen LogP contribution is 2.12. The summed E-state index contributed by atoms with van der Waals surface area (Å²) in [5.74, 6) is 0.796. The molecule has 0 bridgehead atoms. The van der Waals surface area contributed by atoms with Crippen molar-refractivity contribution in [1.82, 2.24) is 29.9 Å². The number of carbonyl (C=O) groups excluding carboxylic acids is 1. The fourth-order valence-electron chi connectivity index (χ4n) is 2.16. The number of amides is 1. The third-order valence-electron chi connectivity index (χ3n) is 3.32. The van der Waals surface area contributed by atoms with Crippen LogP contribution in [0.5, 0.6) is 0 Å². The van der Waals surface area contributed by atoms with Gasteiger partial charge in [-0.2, -0.15) is 0 Å². The summed E-state index contributed by atoms with van der Waals surface area (Å²) in [6.07, 6.45) is 6.78. The summed E-state index contributed by atoms with van der Waals surface area (Å²) < 4.78 is 1.61. The molecule has 1 aliphatic heterocycles. The van der Waals surface area contributed by atoms with Crippen LogP contribution in [0.4, 0.5) is 5.95 Å². The minimum absolute atomic E-state index is 0.118. The van der Waals surface area contributed by atoms with Gasteiger partial charge in [0, 0.05) is 33.1 Å². The fourth-order valence-corrected chi connectivity index (χ4v) is 2.16. The van der Waals surface area contributed by atoms with Crippen molar-refractivity contribution < 1.29 is 4.79 Å². The first-order valence-corrected chi connectivity index (χ1v) is 6.43. The molecule has 3 rings (SSSR count). The third kappa shape index (κ3) is 2.44. The lowest BCUT2D eigenvalue weighted by Crippen LogP contribution is -2.48. The minimum Gasteiger partial charge on any atom is -0.339 e. The first-order valence-electron chi connectivity index (χ1n) is 6.43. The second-order valence-corrected chi connectivity index (χ2v) is 4.58. The van der Waals surface area contributed by atoms with E-state index in [-0.39, 0.29) is 5.91 Å². The van der Waals surface area contributed by atoms with Gasteiger partial charge in [-0.25, -0.2) is 14.6 Å². The van der Waals surface area contributed by atoms with Crippen molar-refractivity contribution >= 4 is 11.9 Å². The Morgan fingerprint density at radius 1 is 1.15 bits per heavy atom. The first kappa shape index (κ1) is 12.5. The van der Waals surface area contributed by atoms with E-state index < -0.39 is 0 Å². The lowest BCUT2D eigenvalue weighted by atomic mass is 10.3. The Hall–Kier alpha value is -2.51. The summed E-state index contributed by atoms with van der Waals surface area (Å²) in [5.41, 5.74) is 0.772. The van der Waals surface area contributed by atoms with E-state index in [9.17, 15) is 4.79 Å². The Kier molecular flexibility index (Phi) is 3.28. The van der Waals surface area contributed by atoms with Crippen LogP contribution in [-0.2, 0) is 4.79 Å². The molecule has 0 saturated carbocycles. The van der Waals surface area contributed by atoms with Gasteiger partial charge in [0.05, 0.1) is 24.8 Å². The van der Waals surface area contributed by atoms with Gasteiger partial charge in [-0.3, -0.25) is 4.79 Å². The molecule has 2 aromatic rings. The van der Waals surface area contributed by atoms with Crippen molar-refractivity contribution in [2.24, 2.45) is 0 Å². The zero-order valence-electron chi connectivity index (χ0n) is 11.2. The number of hydrogen-bond acceptors (Lipinski definition) is 6. The molecule has 0 unspecified atom stereocenters. The normalized spacial score (nSPS) is 15.4. The van der Waals surface area contributed by atoms with Gasteiger partial charge in [0.1, 0.15) is 5.69 Å². The van der Waals surface area contributed by atoms with Crippen molar-refractivity contribution in [2.45, 2.75) is 6.92 Å². The number of hydrogen-bond donors (Lipinski definition) is 0. The van der Waals surface area contributed by atoms with Crippen LogP contribution in [0.25, 0.3) is 5.69 Å². The molecule has 20 heavy (non-hydrogen) atoms. The van der Waals surface area contributed by atoms with Gasteiger partial charge in [0.15, 0.2) is 0 Å². The number of piperazine rings is 1. The second kappa shape index (κ2) is 5.24. The van der Waals surface area contributed by atoms with Crippen molar-refractivity contribution in [1.29, 1.82) is 0 Å². The van der Waals surface area contributed by atoms with Crippen LogP contribution in [-0.4, -0.2) is 61.9 Å². The largest absolute Gasteiger partial charge is 0.339 e. The molecule has 2 aromatic heterocycles. The third-order valence-corrected chi connectivity index (χ3v) is 3.32.